The molecule has 0 aliphatic rings. The van der Waals surface area contributed by atoms with Gasteiger partial charge in [0.05, 0.1) is 5.03 Å². The lowest BCUT2D eigenvalue weighted by Gasteiger charge is -2.00. The summed E-state index contributed by atoms with van der Waals surface area (Å²) < 4.78 is 0. The van der Waals surface area contributed by atoms with Gasteiger partial charge in [-0.05, 0) is 29.8 Å². The van der Waals surface area contributed by atoms with Gasteiger partial charge in [0.2, 0.25) is 0 Å². The molecule has 0 aliphatic carbocycles. The molecule has 16 heavy (non-hydrogen) atoms. The maximum absolute atomic E-state index is 8.72. The van der Waals surface area contributed by atoms with E-state index in [1.807, 2.05) is 30.3 Å². The SMILES string of the molecule is N#Cc1cc(CSc2ccccn2)ccn1. The van der Waals surface area contributed by atoms with Gasteiger partial charge in [0.25, 0.3) is 0 Å². The highest BCUT2D eigenvalue weighted by Crippen LogP contribution is 2.19. The van der Waals surface area contributed by atoms with Crippen molar-refractivity contribution < 1.29 is 0 Å². The normalized spacial score (nSPS) is 9.69. The van der Waals surface area contributed by atoms with Crippen molar-refractivity contribution in [2.24, 2.45) is 0 Å². The Hall–Kier alpha value is -1.86. The van der Waals surface area contributed by atoms with Gasteiger partial charge >= 0.3 is 0 Å². The summed E-state index contributed by atoms with van der Waals surface area (Å²) in [7, 11) is 0. The molecule has 0 radical (unpaired) electrons. The second-order valence-corrected chi connectivity index (χ2v) is 4.11. The van der Waals surface area contributed by atoms with Crippen molar-refractivity contribution in [1.82, 2.24) is 9.97 Å². The molecule has 0 bridgehead atoms. The third-order valence-electron chi connectivity index (χ3n) is 1.96. The molecular formula is C12H9N3S. The number of hydrogen-bond donors (Lipinski definition) is 0. The van der Waals surface area contributed by atoms with E-state index in [-0.39, 0.29) is 0 Å². The molecule has 0 saturated carbocycles. The van der Waals surface area contributed by atoms with Crippen LogP contribution in [-0.2, 0) is 5.75 Å². The second-order valence-electron chi connectivity index (χ2n) is 3.12. The summed E-state index contributed by atoms with van der Waals surface area (Å²) in [5.74, 6) is 0.800. The molecule has 2 rings (SSSR count). The Morgan fingerprint density at radius 2 is 2.12 bits per heavy atom. The Bertz CT molecular complexity index is 505. The lowest BCUT2D eigenvalue weighted by Crippen LogP contribution is -1.87. The Morgan fingerprint density at radius 1 is 1.19 bits per heavy atom. The van der Waals surface area contributed by atoms with Crippen LogP contribution in [0.3, 0.4) is 0 Å². The van der Waals surface area contributed by atoms with E-state index in [2.05, 4.69) is 9.97 Å². The van der Waals surface area contributed by atoms with Gasteiger partial charge < -0.3 is 0 Å². The maximum atomic E-state index is 8.72. The highest BCUT2D eigenvalue weighted by molar-refractivity contribution is 7.98. The summed E-state index contributed by atoms with van der Waals surface area (Å²) in [4.78, 5) is 8.15. The third kappa shape index (κ3) is 2.81. The monoisotopic (exact) mass is 227 g/mol. The molecule has 0 amide bonds. The third-order valence-corrected chi connectivity index (χ3v) is 2.98. The molecule has 2 heterocycles. The predicted molar refractivity (Wildman–Crippen MR) is 62.8 cm³/mol. The van der Waals surface area contributed by atoms with Crippen molar-refractivity contribution in [3.63, 3.8) is 0 Å². The topological polar surface area (TPSA) is 49.6 Å². The van der Waals surface area contributed by atoms with Crippen LogP contribution in [0.5, 0.6) is 0 Å². The Balaban J connectivity index is 2.03. The summed E-state index contributed by atoms with van der Waals surface area (Å²) >= 11 is 1.64. The van der Waals surface area contributed by atoms with Crippen molar-refractivity contribution in [3.8, 4) is 6.07 Å². The van der Waals surface area contributed by atoms with E-state index in [0.717, 1.165) is 16.3 Å². The molecule has 0 fully saturated rings. The zero-order chi connectivity index (χ0) is 11.2. The minimum atomic E-state index is 0.458. The number of aromatic nitrogens is 2. The average molecular weight is 227 g/mol. The fourth-order valence-electron chi connectivity index (χ4n) is 1.21. The molecule has 0 unspecified atom stereocenters. The highest BCUT2D eigenvalue weighted by atomic mass is 32.2. The molecule has 0 saturated heterocycles. The van der Waals surface area contributed by atoms with Crippen LogP contribution in [0.25, 0.3) is 0 Å². The van der Waals surface area contributed by atoms with Crippen LogP contribution < -0.4 is 0 Å². The fourth-order valence-corrected chi connectivity index (χ4v) is 2.02. The van der Waals surface area contributed by atoms with E-state index < -0.39 is 0 Å². The first-order valence-electron chi connectivity index (χ1n) is 4.77. The largest absolute Gasteiger partial charge is 0.250 e. The van der Waals surface area contributed by atoms with Crippen molar-refractivity contribution in [1.29, 1.82) is 5.26 Å². The first-order chi connectivity index (χ1) is 7.88. The molecular weight excluding hydrogens is 218 g/mol. The summed E-state index contributed by atoms with van der Waals surface area (Å²) in [5, 5.41) is 9.70. The first kappa shape index (κ1) is 10.7. The molecule has 2 aromatic rings. The number of thioether (sulfide) groups is 1. The quantitative estimate of drug-likeness (QED) is 0.756. The smallest absolute Gasteiger partial charge is 0.140 e. The van der Waals surface area contributed by atoms with Gasteiger partial charge in [-0.3, -0.25) is 0 Å². The molecule has 3 nitrogen and oxygen atoms in total. The Kier molecular flexibility index (Phi) is 3.52. The van der Waals surface area contributed by atoms with Gasteiger partial charge in [-0.2, -0.15) is 5.26 Å². The predicted octanol–water partition coefficient (Wildman–Crippen LogP) is 2.64. The van der Waals surface area contributed by atoms with Gasteiger partial charge in [-0.1, -0.05) is 6.07 Å². The zero-order valence-corrected chi connectivity index (χ0v) is 9.31. The molecule has 0 aliphatic heterocycles. The van der Waals surface area contributed by atoms with Gasteiger partial charge in [-0.15, -0.1) is 11.8 Å². The van der Waals surface area contributed by atoms with Crippen molar-refractivity contribution in [3.05, 3.63) is 54.0 Å². The van der Waals surface area contributed by atoms with E-state index in [4.69, 9.17) is 5.26 Å². The van der Waals surface area contributed by atoms with Crippen LogP contribution in [0.4, 0.5) is 0 Å². The van der Waals surface area contributed by atoms with Crippen molar-refractivity contribution in [2.75, 3.05) is 0 Å². The van der Waals surface area contributed by atoms with E-state index in [1.54, 1.807) is 30.2 Å². The lowest BCUT2D eigenvalue weighted by atomic mass is 10.2. The van der Waals surface area contributed by atoms with E-state index >= 15 is 0 Å². The van der Waals surface area contributed by atoms with Crippen LogP contribution in [0, 0.1) is 11.3 Å². The van der Waals surface area contributed by atoms with Crippen LogP contribution >= 0.6 is 11.8 Å². The van der Waals surface area contributed by atoms with E-state index in [0.29, 0.717) is 5.69 Å². The van der Waals surface area contributed by atoms with E-state index in [1.165, 1.54) is 0 Å². The molecule has 4 heteroatoms. The summed E-state index contributed by atoms with van der Waals surface area (Å²) in [6, 6.07) is 11.6. The summed E-state index contributed by atoms with van der Waals surface area (Å²) in [6.45, 7) is 0. The van der Waals surface area contributed by atoms with Crippen molar-refractivity contribution >= 4 is 11.8 Å². The van der Waals surface area contributed by atoms with E-state index in [9.17, 15) is 0 Å². The number of hydrogen-bond acceptors (Lipinski definition) is 4. The maximum Gasteiger partial charge on any atom is 0.140 e. The highest BCUT2D eigenvalue weighted by Gasteiger charge is 1.98. The minimum Gasteiger partial charge on any atom is -0.250 e. The van der Waals surface area contributed by atoms with Crippen LogP contribution in [0.1, 0.15) is 11.3 Å². The number of nitrogens with zero attached hydrogens (tertiary/aromatic N) is 3. The minimum absolute atomic E-state index is 0.458. The van der Waals surface area contributed by atoms with Crippen LogP contribution in [-0.4, -0.2) is 9.97 Å². The molecule has 0 spiro atoms. The Labute approximate surface area is 98.2 Å². The van der Waals surface area contributed by atoms with Gasteiger partial charge in [0.1, 0.15) is 11.8 Å². The number of rotatable bonds is 3. The lowest BCUT2D eigenvalue weighted by molar-refractivity contribution is 1.13. The first-order valence-corrected chi connectivity index (χ1v) is 5.76. The van der Waals surface area contributed by atoms with Crippen LogP contribution in [0.2, 0.25) is 0 Å². The summed E-state index contributed by atoms with van der Waals surface area (Å²) in [6.07, 6.45) is 3.43. The Morgan fingerprint density at radius 3 is 2.88 bits per heavy atom. The number of nitriles is 1. The van der Waals surface area contributed by atoms with Gasteiger partial charge in [-0.25, -0.2) is 9.97 Å². The molecule has 2 aromatic heterocycles. The average Bonchev–Trinajstić information content (AvgIpc) is 2.38. The molecule has 78 valence electrons. The van der Waals surface area contributed by atoms with Gasteiger partial charge in [0, 0.05) is 18.1 Å². The zero-order valence-electron chi connectivity index (χ0n) is 8.50. The van der Waals surface area contributed by atoms with Gasteiger partial charge in [0.15, 0.2) is 0 Å². The molecule has 0 atom stereocenters. The second kappa shape index (κ2) is 5.29. The van der Waals surface area contributed by atoms with Crippen LogP contribution in [0.15, 0.2) is 47.8 Å². The number of pyridine rings is 2. The molecule has 0 aromatic carbocycles. The fraction of sp³-hybridized carbons (Fsp3) is 0.0833. The molecule has 0 N–H and O–H groups in total. The standard InChI is InChI=1S/C12H9N3S/c13-8-11-7-10(4-6-14-11)9-16-12-3-1-2-5-15-12/h1-7H,9H2. The summed E-state index contributed by atoms with van der Waals surface area (Å²) in [5.41, 5.74) is 1.54. The van der Waals surface area contributed by atoms with Crippen molar-refractivity contribution in [2.45, 2.75) is 10.8 Å².